The van der Waals surface area contributed by atoms with Gasteiger partial charge in [-0.1, -0.05) is 0 Å². The first kappa shape index (κ1) is 17.3. The van der Waals surface area contributed by atoms with Gasteiger partial charge in [0.2, 0.25) is 0 Å². The number of fused-ring (bicyclic) bond motifs is 4. The summed E-state index contributed by atoms with van der Waals surface area (Å²) >= 11 is 0. The van der Waals surface area contributed by atoms with Crippen molar-refractivity contribution in [2.24, 2.45) is 5.92 Å². The third-order valence-corrected chi connectivity index (χ3v) is 5.54. The molecule has 0 aliphatic carbocycles. The topological polar surface area (TPSA) is 63.7 Å². The summed E-state index contributed by atoms with van der Waals surface area (Å²) in [7, 11) is 0. The summed E-state index contributed by atoms with van der Waals surface area (Å²) in [6.07, 6.45) is 3.89. The van der Waals surface area contributed by atoms with E-state index in [2.05, 4.69) is 29.0 Å². The number of carbonyl (C=O) groups is 1. The van der Waals surface area contributed by atoms with Crippen molar-refractivity contribution >= 4 is 18.3 Å². The zero-order valence-corrected chi connectivity index (χ0v) is 14.9. The highest BCUT2D eigenvalue weighted by Crippen LogP contribution is 2.39. The van der Waals surface area contributed by atoms with Gasteiger partial charge in [-0.25, -0.2) is 4.98 Å². The summed E-state index contributed by atoms with van der Waals surface area (Å²) in [4.78, 5) is 19.4. The molecular formula is C17H24ClN3O3. The lowest BCUT2D eigenvalue weighted by atomic mass is 9.72. The van der Waals surface area contributed by atoms with Crippen LogP contribution in [0.1, 0.15) is 37.2 Å². The fraction of sp³-hybridized carbons (Fsp3) is 0.647. The molecule has 0 unspecified atom stereocenters. The van der Waals surface area contributed by atoms with Crippen LogP contribution < -0.4 is 14.8 Å². The van der Waals surface area contributed by atoms with E-state index in [1.54, 1.807) is 12.3 Å². The van der Waals surface area contributed by atoms with Crippen LogP contribution in [0.25, 0.3) is 0 Å². The lowest BCUT2D eigenvalue weighted by molar-refractivity contribution is -0.0378. The molecule has 0 saturated carbocycles. The number of rotatable bonds is 2. The summed E-state index contributed by atoms with van der Waals surface area (Å²) in [5.41, 5.74) is 0.381. The summed E-state index contributed by atoms with van der Waals surface area (Å²) in [5.74, 6) is 1.63. The standard InChI is InChI=1S/C17H23N3O3.ClH/c1-17(2)15(11-3-5-20(17)6-4-11)19-16(21)12-9-13-14(10-18-12)23-8-7-22-13;/h9-11,15H,3-8H2,1-2H3,(H,19,21);1H/t15-;/m0./s1. The van der Waals surface area contributed by atoms with Crippen LogP contribution in [0.3, 0.4) is 0 Å². The van der Waals surface area contributed by atoms with Crippen molar-refractivity contribution in [1.29, 1.82) is 0 Å². The number of halogens is 1. The van der Waals surface area contributed by atoms with Gasteiger partial charge in [0.15, 0.2) is 11.5 Å². The van der Waals surface area contributed by atoms with Crippen LogP contribution in [0.5, 0.6) is 11.5 Å². The second-order valence-corrected chi connectivity index (χ2v) is 7.14. The average Bonchev–Trinajstić information content (AvgIpc) is 2.58. The first-order valence-electron chi connectivity index (χ1n) is 8.37. The van der Waals surface area contributed by atoms with Gasteiger partial charge in [-0.05, 0) is 45.7 Å². The average molecular weight is 354 g/mol. The smallest absolute Gasteiger partial charge is 0.270 e. The zero-order chi connectivity index (χ0) is 16.0. The van der Waals surface area contributed by atoms with E-state index in [0.717, 1.165) is 25.9 Å². The van der Waals surface area contributed by atoms with Gasteiger partial charge in [-0.2, -0.15) is 0 Å². The van der Waals surface area contributed by atoms with Crippen LogP contribution in [0.4, 0.5) is 0 Å². The monoisotopic (exact) mass is 353 g/mol. The van der Waals surface area contributed by atoms with E-state index in [0.29, 0.717) is 36.3 Å². The third-order valence-electron chi connectivity index (χ3n) is 5.54. The molecule has 3 fully saturated rings. The lowest BCUT2D eigenvalue weighted by Crippen LogP contribution is -2.69. The van der Waals surface area contributed by atoms with E-state index >= 15 is 0 Å². The Kier molecular flexibility index (Phi) is 4.62. The van der Waals surface area contributed by atoms with E-state index in [9.17, 15) is 4.79 Å². The SMILES string of the molecule is CC1(C)[C@@H](NC(=O)c2cc3c(cn2)OCCO3)C2CCN1CC2.Cl. The maximum absolute atomic E-state index is 12.7. The molecule has 4 aliphatic rings. The Morgan fingerprint density at radius 2 is 1.92 bits per heavy atom. The maximum Gasteiger partial charge on any atom is 0.270 e. The van der Waals surface area contributed by atoms with Crippen LogP contribution in [0.15, 0.2) is 12.3 Å². The van der Waals surface area contributed by atoms with Crippen LogP contribution in [0, 0.1) is 5.92 Å². The van der Waals surface area contributed by atoms with Crippen LogP contribution in [-0.2, 0) is 0 Å². The number of pyridine rings is 1. The molecule has 6 nitrogen and oxygen atoms in total. The highest BCUT2D eigenvalue weighted by molar-refractivity contribution is 5.93. The van der Waals surface area contributed by atoms with Crippen molar-refractivity contribution in [2.45, 2.75) is 38.3 Å². The van der Waals surface area contributed by atoms with Crippen molar-refractivity contribution in [1.82, 2.24) is 15.2 Å². The molecule has 5 rings (SSSR count). The molecule has 1 aromatic heterocycles. The van der Waals surface area contributed by atoms with Crippen molar-refractivity contribution < 1.29 is 14.3 Å². The number of ether oxygens (including phenoxy) is 2. The predicted octanol–water partition coefficient (Wildman–Crippen LogP) is 1.88. The Morgan fingerprint density at radius 3 is 2.58 bits per heavy atom. The molecule has 1 atom stereocenters. The van der Waals surface area contributed by atoms with E-state index in [1.807, 2.05) is 0 Å². The van der Waals surface area contributed by atoms with Crippen LogP contribution in [-0.4, -0.2) is 53.7 Å². The zero-order valence-electron chi connectivity index (χ0n) is 14.1. The number of nitrogens with one attached hydrogen (secondary N) is 1. The fourth-order valence-corrected chi connectivity index (χ4v) is 4.17. The fourth-order valence-electron chi connectivity index (χ4n) is 4.17. The van der Waals surface area contributed by atoms with Crippen LogP contribution in [0.2, 0.25) is 0 Å². The minimum atomic E-state index is -0.131. The molecular weight excluding hydrogens is 330 g/mol. The van der Waals surface area contributed by atoms with Crippen molar-refractivity contribution in [3.05, 3.63) is 18.0 Å². The minimum Gasteiger partial charge on any atom is -0.486 e. The number of nitrogens with zero attached hydrogens (tertiary/aromatic N) is 2. The molecule has 3 saturated heterocycles. The molecule has 0 spiro atoms. The Bertz CT molecular complexity index is 630. The number of aromatic nitrogens is 1. The lowest BCUT2D eigenvalue weighted by Gasteiger charge is -2.56. The van der Waals surface area contributed by atoms with Gasteiger partial charge in [-0.3, -0.25) is 9.69 Å². The molecule has 7 heteroatoms. The van der Waals surface area contributed by atoms with Gasteiger partial charge in [0.25, 0.3) is 5.91 Å². The largest absolute Gasteiger partial charge is 0.486 e. The second kappa shape index (κ2) is 6.41. The van der Waals surface area contributed by atoms with Gasteiger partial charge < -0.3 is 14.8 Å². The summed E-state index contributed by atoms with van der Waals surface area (Å²) in [6, 6.07) is 1.84. The van der Waals surface area contributed by atoms with E-state index in [4.69, 9.17) is 9.47 Å². The molecule has 24 heavy (non-hydrogen) atoms. The molecule has 0 aromatic carbocycles. The molecule has 1 aromatic rings. The Balaban J connectivity index is 0.00000169. The Morgan fingerprint density at radius 1 is 1.25 bits per heavy atom. The number of piperidine rings is 3. The molecule has 2 bridgehead atoms. The minimum absolute atomic E-state index is 0. The van der Waals surface area contributed by atoms with E-state index in [1.165, 1.54) is 0 Å². The number of hydrogen-bond donors (Lipinski definition) is 1. The Labute approximate surface area is 148 Å². The van der Waals surface area contributed by atoms with Gasteiger partial charge in [0, 0.05) is 17.6 Å². The molecule has 1 N–H and O–H groups in total. The highest BCUT2D eigenvalue weighted by Gasteiger charge is 2.48. The third kappa shape index (κ3) is 2.82. The summed E-state index contributed by atoms with van der Waals surface area (Å²) < 4.78 is 11.0. The highest BCUT2D eigenvalue weighted by atomic mass is 35.5. The maximum atomic E-state index is 12.7. The molecule has 1 amide bonds. The molecule has 0 radical (unpaired) electrons. The van der Waals surface area contributed by atoms with E-state index in [-0.39, 0.29) is 29.9 Å². The van der Waals surface area contributed by atoms with Gasteiger partial charge in [0.05, 0.1) is 6.20 Å². The van der Waals surface area contributed by atoms with Gasteiger partial charge >= 0.3 is 0 Å². The Hall–Kier alpha value is -1.53. The number of amides is 1. The summed E-state index contributed by atoms with van der Waals surface area (Å²) in [6.45, 7) is 7.73. The normalized spacial score (nSPS) is 29.5. The first-order chi connectivity index (χ1) is 11.1. The van der Waals surface area contributed by atoms with Crippen molar-refractivity contribution in [3.8, 4) is 11.5 Å². The summed E-state index contributed by atoms with van der Waals surface area (Å²) in [5, 5.41) is 3.22. The van der Waals surface area contributed by atoms with Crippen LogP contribution >= 0.6 is 12.4 Å². The van der Waals surface area contributed by atoms with Crippen molar-refractivity contribution in [2.75, 3.05) is 26.3 Å². The van der Waals surface area contributed by atoms with Crippen molar-refractivity contribution in [3.63, 3.8) is 0 Å². The van der Waals surface area contributed by atoms with E-state index < -0.39 is 0 Å². The molecule has 4 aliphatic heterocycles. The van der Waals surface area contributed by atoms with Gasteiger partial charge in [-0.15, -0.1) is 12.4 Å². The first-order valence-corrected chi connectivity index (χ1v) is 8.37. The second-order valence-electron chi connectivity index (χ2n) is 7.14. The van der Waals surface area contributed by atoms with Gasteiger partial charge in [0.1, 0.15) is 18.9 Å². The molecule has 5 heterocycles. The number of carbonyl (C=O) groups excluding carboxylic acids is 1. The molecule has 132 valence electrons. The predicted molar refractivity (Wildman–Crippen MR) is 92.1 cm³/mol. The number of hydrogen-bond acceptors (Lipinski definition) is 5. The quantitative estimate of drug-likeness (QED) is 0.879.